The zero-order valence-electron chi connectivity index (χ0n) is 11.9. The maximum atomic E-state index is 13.1. The lowest BCUT2D eigenvalue weighted by Crippen LogP contribution is -2.37. The van der Waals surface area contributed by atoms with E-state index in [4.69, 9.17) is 5.84 Å². The van der Waals surface area contributed by atoms with Gasteiger partial charge in [0.25, 0.3) is 0 Å². The Labute approximate surface area is 129 Å². The van der Waals surface area contributed by atoms with Crippen LogP contribution in [0.5, 0.6) is 0 Å². The van der Waals surface area contributed by atoms with Crippen molar-refractivity contribution in [3.63, 3.8) is 0 Å². The second-order valence-corrected chi connectivity index (χ2v) is 6.74. The number of hydrazine groups is 1. The van der Waals surface area contributed by atoms with E-state index in [0.29, 0.717) is 0 Å². The summed E-state index contributed by atoms with van der Waals surface area (Å²) in [6.45, 7) is 0. The average molecular weight is 343 g/mol. The minimum atomic E-state index is -0.208. The molecule has 1 aromatic rings. The van der Waals surface area contributed by atoms with Crippen molar-refractivity contribution in [1.82, 2.24) is 5.43 Å². The van der Waals surface area contributed by atoms with E-state index in [9.17, 15) is 4.39 Å². The number of halogens is 2. The molecule has 0 amide bonds. The molecule has 1 atom stereocenters. The minimum absolute atomic E-state index is 0.208. The minimum Gasteiger partial charge on any atom is -0.271 e. The Morgan fingerprint density at radius 3 is 2.70 bits per heavy atom. The van der Waals surface area contributed by atoms with Gasteiger partial charge < -0.3 is 0 Å². The Morgan fingerprint density at radius 2 is 2.05 bits per heavy atom. The van der Waals surface area contributed by atoms with Gasteiger partial charge in [-0.15, -0.1) is 0 Å². The van der Waals surface area contributed by atoms with Gasteiger partial charge in [-0.3, -0.25) is 11.3 Å². The van der Waals surface area contributed by atoms with Crippen molar-refractivity contribution in [2.75, 3.05) is 0 Å². The highest BCUT2D eigenvalue weighted by Gasteiger charge is 2.16. The zero-order chi connectivity index (χ0) is 14.4. The number of hydrogen-bond donors (Lipinski definition) is 2. The molecule has 0 bridgehead atoms. The SMILES string of the molecule is NNC(CCC1CCCCC1)Cc1ccc(F)cc1Br. The fourth-order valence-electron chi connectivity index (χ4n) is 3.11. The maximum absolute atomic E-state index is 13.1. The van der Waals surface area contributed by atoms with E-state index in [1.165, 1.54) is 50.7 Å². The third-order valence-electron chi connectivity index (χ3n) is 4.37. The fraction of sp³-hybridized carbons (Fsp3) is 0.625. The Balaban J connectivity index is 1.84. The molecule has 0 radical (unpaired) electrons. The molecular weight excluding hydrogens is 319 g/mol. The maximum Gasteiger partial charge on any atom is 0.124 e. The van der Waals surface area contributed by atoms with Crippen LogP contribution in [-0.2, 0) is 6.42 Å². The van der Waals surface area contributed by atoms with Crippen molar-refractivity contribution >= 4 is 15.9 Å². The van der Waals surface area contributed by atoms with Crippen molar-refractivity contribution in [3.05, 3.63) is 34.1 Å². The topological polar surface area (TPSA) is 38.0 Å². The molecule has 1 unspecified atom stereocenters. The van der Waals surface area contributed by atoms with Crippen molar-refractivity contribution in [2.24, 2.45) is 11.8 Å². The Hall–Kier alpha value is -0.450. The molecule has 1 aliphatic rings. The van der Waals surface area contributed by atoms with Crippen molar-refractivity contribution < 1.29 is 4.39 Å². The summed E-state index contributed by atoms with van der Waals surface area (Å²) in [5.74, 6) is 6.34. The van der Waals surface area contributed by atoms with Crippen LogP contribution in [0.25, 0.3) is 0 Å². The van der Waals surface area contributed by atoms with Crippen LogP contribution < -0.4 is 11.3 Å². The van der Waals surface area contributed by atoms with Gasteiger partial charge in [-0.1, -0.05) is 54.1 Å². The molecular formula is C16H24BrFN2. The second-order valence-electron chi connectivity index (χ2n) is 5.88. The van der Waals surface area contributed by atoms with E-state index in [2.05, 4.69) is 21.4 Å². The van der Waals surface area contributed by atoms with Crippen LogP contribution in [0.2, 0.25) is 0 Å². The van der Waals surface area contributed by atoms with Gasteiger partial charge in [0, 0.05) is 10.5 Å². The Bertz CT molecular complexity index is 419. The Kier molecular flexibility index (Phi) is 6.46. The first kappa shape index (κ1) is 15.9. The van der Waals surface area contributed by atoms with Gasteiger partial charge in [0.1, 0.15) is 5.82 Å². The van der Waals surface area contributed by atoms with Gasteiger partial charge in [0.15, 0.2) is 0 Å². The van der Waals surface area contributed by atoms with E-state index < -0.39 is 0 Å². The molecule has 0 saturated heterocycles. The number of benzene rings is 1. The van der Waals surface area contributed by atoms with E-state index in [1.807, 2.05) is 6.07 Å². The third-order valence-corrected chi connectivity index (χ3v) is 5.10. The summed E-state index contributed by atoms with van der Waals surface area (Å²) in [7, 11) is 0. The molecule has 1 aromatic carbocycles. The first-order valence-electron chi connectivity index (χ1n) is 7.59. The highest BCUT2D eigenvalue weighted by molar-refractivity contribution is 9.10. The van der Waals surface area contributed by atoms with Crippen LogP contribution in [-0.4, -0.2) is 6.04 Å². The van der Waals surface area contributed by atoms with Gasteiger partial charge in [-0.25, -0.2) is 4.39 Å². The van der Waals surface area contributed by atoms with E-state index in [0.717, 1.165) is 28.8 Å². The monoisotopic (exact) mass is 342 g/mol. The molecule has 2 rings (SSSR count). The molecule has 0 aromatic heterocycles. The van der Waals surface area contributed by atoms with Crippen molar-refractivity contribution in [3.8, 4) is 0 Å². The number of nitrogens with one attached hydrogen (secondary N) is 1. The van der Waals surface area contributed by atoms with Gasteiger partial charge in [0.05, 0.1) is 0 Å². The zero-order valence-corrected chi connectivity index (χ0v) is 13.5. The first-order valence-corrected chi connectivity index (χ1v) is 8.38. The highest BCUT2D eigenvalue weighted by Crippen LogP contribution is 2.28. The van der Waals surface area contributed by atoms with Crippen LogP contribution >= 0.6 is 15.9 Å². The molecule has 0 heterocycles. The largest absolute Gasteiger partial charge is 0.271 e. The lowest BCUT2D eigenvalue weighted by atomic mass is 9.84. The predicted octanol–water partition coefficient (Wildman–Crippen LogP) is 4.32. The standard InChI is InChI=1S/C16H24BrFN2/c17-16-11-14(18)8-7-13(16)10-15(20-19)9-6-12-4-2-1-3-5-12/h7-8,11-12,15,20H,1-6,9-10,19H2. The lowest BCUT2D eigenvalue weighted by Gasteiger charge is -2.24. The number of nitrogens with two attached hydrogens (primary N) is 1. The van der Waals surface area contributed by atoms with Crippen LogP contribution in [0.1, 0.15) is 50.5 Å². The molecule has 3 N–H and O–H groups in total. The number of rotatable bonds is 6. The third kappa shape index (κ3) is 4.83. The molecule has 112 valence electrons. The summed E-state index contributed by atoms with van der Waals surface area (Å²) >= 11 is 3.42. The van der Waals surface area contributed by atoms with Gasteiger partial charge in [0.2, 0.25) is 0 Å². The highest BCUT2D eigenvalue weighted by atomic mass is 79.9. The van der Waals surface area contributed by atoms with E-state index in [-0.39, 0.29) is 11.9 Å². The van der Waals surface area contributed by atoms with Crippen LogP contribution in [0.15, 0.2) is 22.7 Å². The average Bonchev–Trinajstić information content (AvgIpc) is 2.46. The molecule has 4 heteroatoms. The van der Waals surface area contributed by atoms with Crippen LogP contribution in [0.3, 0.4) is 0 Å². The van der Waals surface area contributed by atoms with E-state index >= 15 is 0 Å². The van der Waals surface area contributed by atoms with Gasteiger partial charge in [-0.05, 0) is 42.9 Å². The summed E-state index contributed by atoms with van der Waals surface area (Å²) in [5, 5.41) is 0. The molecule has 20 heavy (non-hydrogen) atoms. The normalized spacial score (nSPS) is 18.1. The molecule has 1 fully saturated rings. The smallest absolute Gasteiger partial charge is 0.124 e. The molecule has 2 nitrogen and oxygen atoms in total. The molecule has 1 saturated carbocycles. The van der Waals surface area contributed by atoms with E-state index in [1.54, 1.807) is 0 Å². The predicted molar refractivity (Wildman–Crippen MR) is 84.7 cm³/mol. The quantitative estimate of drug-likeness (QED) is 0.596. The summed E-state index contributed by atoms with van der Waals surface area (Å²) in [5.41, 5.74) is 4.03. The lowest BCUT2D eigenvalue weighted by molar-refractivity contribution is 0.313. The van der Waals surface area contributed by atoms with Crippen LogP contribution in [0.4, 0.5) is 4.39 Å². The summed E-state index contributed by atoms with van der Waals surface area (Å²) in [4.78, 5) is 0. The van der Waals surface area contributed by atoms with Crippen molar-refractivity contribution in [1.29, 1.82) is 0 Å². The summed E-state index contributed by atoms with van der Waals surface area (Å²) in [6, 6.07) is 5.13. The summed E-state index contributed by atoms with van der Waals surface area (Å²) < 4.78 is 13.9. The van der Waals surface area contributed by atoms with Crippen molar-refractivity contribution in [2.45, 2.75) is 57.4 Å². The van der Waals surface area contributed by atoms with Gasteiger partial charge >= 0.3 is 0 Å². The fourth-order valence-corrected chi connectivity index (χ4v) is 3.62. The first-order chi connectivity index (χ1) is 9.69. The molecule has 0 aliphatic heterocycles. The van der Waals surface area contributed by atoms with Gasteiger partial charge in [-0.2, -0.15) is 0 Å². The van der Waals surface area contributed by atoms with Crippen LogP contribution in [0, 0.1) is 11.7 Å². The molecule has 1 aliphatic carbocycles. The summed E-state index contributed by atoms with van der Waals surface area (Å²) in [6.07, 6.45) is 10.1. The Morgan fingerprint density at radius 1 is 1.30 bits per heavy atom. The second kappa shape index (κ2) is 8.11. The number of hydrogen-bond acceptors (Lipinski definition) is 2. The molecule has 0 spiro atoms.